The largest absolute Gasteiger partial charge is 0.368 e. The molecule has 0 fully saturated rings. The molecule has 0 spiro atoms. The zero-order valence-electron chi connectivity index (χ0n) is 11.6. The third-order valence-electron chi connectivity index (χ3n) is 2.86. The van der Waals surface area contributed by atoms with Gasteiger partial charge in [-0.2, -0.15) is 4.98 Å². The van der Waals surface area contributed by atoms with Gasteiger partial charge in [-0.25, -0.2) is 9.49 Å². The van der Waals surface area contributed by atoms with Gasteiger partial charge in [0.05, 0.1) is 11.3 Å². The first-order valence-electron chi connectivity index (χ1n) is 6.36. The summed E-state index contributed by atoms with van der Waals surface area (Å²) in [6.07, 6.45) is 0. The number of amides is 1. The van der Waals surface area contributed by atoms with Crippen LogP contribution in [0.5, 0.6) is 0 Å². The highest BCUT2D eigenvalue weighted by Gasteiger charge is 2.19. The van der Waals surface area contributed by atoms with E-state index in [0.717, 1.165) is 5.56 Å². The molecule has 1 heterocycles. The molecule has 21 heavy (non-hydrogen) atoms. The Morgan fingerprint density at radius 2 is 2.05 bits per heavy atom. The molecular formula is C13H16FN5OS. The predicted octanol–water partition coefficient (Wildman–Crippen LogP) is 1.88. The number of halogens is 1. The minimum Gasteiger partial charge on any atom is -0.368 e. The quantitative estimate of drug-likeness (QED) is 0.733. The number of hydrogen-bond acceptors (Lipinski definition) is 5. The molecule has 1 aromatic heterocycles. The van der Waals surface area contributed by atoms with Crippen molar-refractivity contribution in [3.63, 3.8) is 0 Å². The smallest absolute Gasteiger partial charge is 0.233 e. The van der Waals surface area contributed by atoms with Crippen LogP contribution in [0.25, 0.3) is 0 Å². The lowest BCUT2D eigenvalue weighted by atomic mass is 10.1. The van der Waals surface area contributed by atoms with Crippen molar-refractivity contribution in [3.8, 4) is 0 Å². The molecule has 0 aliphatic rings. The number of carbonyl (C=O) groups is 1. The normalized spacial score (nSPS) is 13.7. The van der Waals surface area contributed by atoms with E-state index >= 15 is 0 Å². The maximum absolute atomic E-state index is 12.9. The molecule has 0 aliphatic carbocycles. The Morgan fingerprint density at radius 1 is 1.38 bits per heavy atom. The Kier molecular flexibility index (Phi) is 4.79. The van der Waals surface area contributed by atoms with Crippen LogP contribution in [0.2, 0.25) is 0 Å². The first-order valence-corrected chi connectivity index (χ1v) is 7.24. The molecule has 8 heteroatoms. The van der Waals surface area contributed by atoms with E-state index in [1.807, 2.05) is 6.92 Å². The molecular weight excluding hydrogens is 293 g/mol. The molecule has 6 nitrogen and oxygen atoms in total. The van der Waals surface area contributed by atoms with Crippen LogP contribution in [-0.2, 0) is 4.79 Å². The lowest BCUT2D eigenvalue weighted by Gasteiger charge is -2.17. The summed E-state index contributed by atoms with van der Waals surface area (Å²) >= 11 is 1.21. The lowest BCUT2D eigenvalue weighted by Crippen LogP contribution is -2.33. The number of aromatic nitrogens is 3. The van der Waals surface area contributed by atoms with Crippen molar-refractivity contribution >= 4 is 23.6 Å². The number of benzene rings is 1. The van der Waals surface area contributed by atoms with Crippen LogP contribution in [0.1, 0.15) is 25.5 Å². The van der Waals surface area contributed by atoms with Gasteiger partial charge in [-0.15, -0.1) is 5.10 Å². The van der Waals surface area contributed by atoms with Crippen LogP contribution in [-0.4, -0.2) is 26.3 Å². The third-order valence-corrected chi connectivity index (χ3v) is 3.82. The summed E-state index contributed by atoms with van der Waals surface area (Å²) in [5, 5.41) is 9.29. The Hall–Kier alpha value is -2.09. The number of thioether (sulfide) groups is 1. The van der Waals surface area contributed by atoms with Crippen molar-refractivity contribution in [2.24, 2.45) is 0 Å². The van der Waals surface area contributed by atoms with Gasteiger partial charge in [0.15, 0.2) is 0 Å². The average Bonchev–Trinajstić information content (AvgIpc) is 2.84. The number of carbonyl (C=O) groups excluding carboxylic acids is 1. The Morgan fingerprint density at radius 3 is 2.62 bits per heavy atom. The van der Waals surface area contributed by atoms with Crippen molar-refractivity contribution in [3.05, 3.63) is 35.6 Å². The average molecular weight is 309 g/mol. The number of nitrogens with zero attached hydrogens (tertiary/aromatic N) is 2. The second kappa shape index (κ2) is 6.57. The molecule has 0 unspecified atom stereocenters. The van der Waals surface area contributed by atoms with Crippen LogP contribution in [0.4, 0.5) is 10.3 Å². The van der Waals surface area contributed by atoms with Gasteiger partial charge in [0.25, 0.3) is 0 Å². The highest BCUT2D eigenvalue weighted by atomic mass is 32.2. The molecule has 0 aliphatic heterocycles. The highest BCUT2D eigenvalue weighted by Crippen LogP contribution is 2.21. The maximum atomic E-state index is 12.9. The third kappa shape index (κ3) is 4.19. The number of anilines is 1. The first kappa shape index (κ1) is 15.3. The monoisotopic (exact) mass is 309 g/mol. The van der Waals surface area contributed by atoms with E-state index in [1.54, 1.807) is 19.1 Å². The van der Waals surface area contributed by atoms with E-state index in [1.165, 1.54) is 23.9 Å². The molecule has 2 aromatic rings. The number of nitrogens with two attached hydrogens (primary N) is 1. The molecule has 2 rings (SSSR count). The van der Waals surface area contributed by atoms with Gasteiger partial charge in [0.2, 0.25) is 17.0 Å². The zero-order chi connectivity index (χ0) is 15.4. The Bertz CT molecular complexity index is 615. The van der Waals surface area contributed by atoms with Gasteiger partial charge in [0, 0.05) is 0 Å². The van der Waals surface area contributed by atoms with Crippen LogP contribution in [0.15, 0.2) is 29.4 Å². The Labute approximate surface area is 125 Å². The first-order chi connectivity index (χ1) is 9.95. The number of nitrogens with one attached hydrogen (secondary N) is 2. The van der Waals surface area contributed by atoms with Crippen molar-refractivity contribution < 1.29 is 9.18 Å². The van der Waals surface area contributed by atoms with Crippen LogP contribution >= 0.6 is 11.8 Å². The second-order valence-corrected chi connectivity index (χ2v) is 5.85. The second-order valence-electron chi connectivity index (χ2n) is 4.55. The summed E-state index contributed by atoms with van der Waals surface area (Å²) < 4.78 is 12.9. The zero-order valence-corrected chi connectivity index (χ0v) is 12.4. The number of hydrogen-bond donors (Lipinski definition) is 3. The number of nitrogen functional groups attached to an aromatic ring is 1. The van der Waals surface area contributed by atoms with Crippen LogP contribution in [0.3, 0.4) is 0 Å². The molecule has 0 saturated heterocycles. The fourth-order valence-corrected chi connectivity index (χ4v) is 2.43. The van der Waals surface area contributed by atoms with E-state index in [-0.39, 0.29) is 29.0 Å². The van der Waals surface area contributed by atoms with Gasteiger partial charge >= 0.3 is 0 Å². The summed E-state index contributed by atoms with van der Waals surface area (Å²) in [4.78, 5) is 16.0. The topological polar surface area (TPSA) is 96.7 Å². The predicted molar refractivity (Wildman–Crippen MR) is 79.1 cm³/mol. The standard InChI is InChI=1S/C13H16FN5OS/c1-7(9-3-5-10(14)6-4-9)16-11(20)8(2)21-13-17-12(15)18-19-13/h3-8H,1-2H3,(H,16,20)(H3,15,17,18,19)/t7-,8+/m0/s1. The summed E-state index contributed by atoms with van der Waals surface area (Å²) in [5.74, 6) is -0.242. The number of aromatic amines is 1. The SMILES string of the molecule is C[C@H](NC(=O)[C@@H](C)Sc1n[nH]c(N)n1)c1ccc(F)cc1. The van der Waals surface area contributed by atoms with Gasteiger partial charge in [-0.05, 0) is 31.5 Å². The van der Waals surface area contributed by atoms with Gasteiger partial charge < -0.3 is 11.1 Å². The van der Waals surface area contributed by atoms with Gasteiger partial charge in [-0.1, -0.05) is 23.9 Å². The minimum atomic E-state index is -0.372. The summed E-state index contributed by atoms with van der Waals surface area (Å²) in [7, 11) is 0. The van der Waals surface area contributed by atoms with Gasteiger partial charge in [-0.3, -0.25) is 4.79 Å². The lowest BCUT2D eigenvalue weighted by molar-refractivity contribution is -0.120. The van der Waals surface area contributed by atoms with Gasteiger partial charge in [0.1, 0.15) is 5.82 Å². The van der Waals surface area contributed by atoms with E-state index < -0.39 is 0 Å². The minimum absolute atomic E-state index is 0.153. The Balaban J connectivity index is 1.92. The van der Waals surface area contributed by atoms with Crippen molar-refractivity contribution in [1.29, 1.82) is 0 Å². The summed E-state index contributed by atoms with van der Waals surface area (Å²) in [6.45, 7) is 3.59. The molecule has 0 bridgehead atoms. The highest BCUT2D eigenvalue weighted by molar-refractivity contribution is 8.00. The van der Waals surface area contributed by atoms with Crippen molar-refractivity contribution in [2.75, 3.05) is 5.73 Å². The molecule has 112 valence electrons. The van der Waals surface area contributed by atoms with Crippen molar-refractivity contribution in [1.82, 2.24) is 20.5 Å². The molecule has 1 amide bonds. The fourth-order valence-electron chi connectivity index (χ4n) is 1.69. The molecule has 0 radical (unpaired) electrons. The van der Waals surface area contributed by atoms with E-state index in [4.69, 9.17) is 5.73 Å². The van der Waals surface area contributed by atoms with E-state index in [9.17, 15) is 9.18 Å². The fraction of sp³-hybridized carbons (Fsp3) is 0.308. The molecule has 1 aromatic carbocycles. The van der Waals surface area contributed by atoms with E-state index in [2.05, 4.69) is 20.5 Å². The van der Waals surface area contributed by atoms with Crippen molar-refractivity contribution in [2.45, 2.75) is 30.3 Å². The maximum Gasteiger partial charge on any atom is 0.233 e. The summed E-state index contributed by atoms with van der Waals surface area (Å²) in [5.41, 5.74) is 6.26. The van der Waals surface area contributed by atoms with Crippen LogP contribution < -0.4 is 11.1 Å². The summed E-state index contributed by atoms with van der Waals surface area (Å²) in [6, 6.07) is 5.82. The molecule has 4 N–H and O–H groups in total. The molecule has 0 saturated carbocycles. The number of H-pyrrole nitrogens is 1. The number of rotatable bonds is 5. The molecule has 2 atom stereocenters. The van der Waals surface area contributed by atoms with E-state index in [0.29, 0.717) is 5.16 Å². The van der Waals surface area contributed by atoms with Crippen LogP contribution in [0, 0.1) is 5.82 Å².